The molecule has 0 radical (unpaired) electrons. The average Bonchev–Trinajstić information content (AvgIpc) is 2.92. The lowest BCUT2D eigenvalue weighted by Gasteiger charge is -2.23. The molecule has 28 heavy (non-hydrogen) atoms. The number of nitro benzene ring substituents is 1. The molecule has 1 aliphatic heterocycles. The van der Waals surface area contributed by atoms with Gasteiger partial charge in [-0.05, 0) is 25.5 Å². The Labute approximate surface area is 162 Å². The predicted octanol–water partition coefficient (Wildman–Crippen LogP) is 2.09. The fourth-order valence-electron chi connectivity index (χ4n) is 3.32. The van der Waals surface area contributed by atoms with E-state index < -0.39 is 4.92 Å². The number of carbonyl (C=O) groups is 1. The average molecular weight is 383 g/mol. The quantitative estimate of drug-likeness (QED) is 0.438. The van der Waals surface area contributed by atoms with Crippen molar-refractivity contribution in [3.63, 3.8) is 0 Å². The number of pyridine rings is 1. The summed E-state index contributed by atoms with van der Waals surface area (Å²) < 4.78 is 5.01. The molecule has 1 saturated heterocycles. The third-order valence-corrected chi connectivity index (χ3v) is 4.68. The second kappa shape index (κ2) is 8.63. The lowest BCUT2D eigenvalue weighted by atomic mass is 10.1. The summed E-state index contributed by atoms with van der Waals surface area (Å²) in [5.74, 6) is 0.434. The number of ether oxygens (including phenoxy) is 1. The van der Waals surface area contributed by atoms with E-state index >= 15 is 0 Å². The van der Waals surface area contributed by atoms with Gasteiger partial charge in [-0.1, -0.05) is 0 Å². The van der Waals surface area contributed by atoms with Gasteiger partial charge in [0.1, 0.15) is 5.82 Å². The van der Waals surface area contributed by atoms with Crippen LogP contribution >= 0.6 is 0 Å². The summed E-state index contributed by atoms with van der Waals surface area (Å²) in [4.78, 5) is 31.0. The van der Waals surface area contributed by atoms with E-state index in [1.807, 2.05) is 4.90 Å². The van der Waals surface area contributed by atoms with Crippen molar-refractivity contribution < 1.29 is 14.5 Å². The highest BCUT2D eigenvalue weighted by atomic mass is 16.6. The van der Waals surface area contributed by atoms with Gasteiger partial charge in [-0.15, -0.1) is 0 Å². The maximum Gasteiger partial charge on any atom is 0.320 e. The number of hydrogen-bond acceptors (Lipinski definition) is 8. The smallest absolute Gasteiger partial charge is 0.320 e. The van der Waals surface area contributed by atoms with E-state index in [4.69, 9.17) is 4.74 Å². The van der Waals surface area contributed by atoms with Crippen LogP contribution in [0.1, 0.15) is 18.9 Å². The van der Waals surface area contributed by atoms with E-state index in [1.165, 1.54) is 12.1 Å². The molecule has 1 aromatic carbocycles. The summed E-state index contributed by atoms with van der Waals surface area (Å²) in [6, 6.07) is 8.14. The van der Waals surface area contributed by atoms with Gasteiger partial charge < -0.3 is 9.64 Å². The summed E-state index contributed by atoms with van der Waals surface area (Å²) in [7, 11) is 0. The summed E-state index contributed by atoms with van der Waals surface area (Å²) in [6.45, 7) is 5.29. The van der Waals surface area contributed by atoms with E-state index in [0.29, 0.717) is 42.0 Å². The van der Waals surface area contributed by atoms with Gasteiger partial charge in [0.15, 0.2) is 0 Å². The Kier molecular flexibility index (Phi) is 6.01. The zero-order valence-electron chi connectivity index (χ0n) is 15.6. The van der Waals surface area contributed by atoms with Crippen molar-refractivity contribution in [1.29, 1.82) is 5.26 Å². The van der Waals surface area contributed by atoms with E-state index in [2.05, 4.69) is 16.0 Å². The minimum atomic E-state index is -0.485. The normalized spacial score (nSPS) is 15.1. The Balaban J connectivity index is 1.81. The maximum absolute atomic E-state index is 11.7. The molecular formula is C19H21N5O4. The van der Waals surface area contributed by atoms with Crippen LogP contribution in [0.2, 0.25) is 0 Å². The van der Waals surface area contributed by atoms with E-state index in [0.717, 1.165) is 19.5 Å². The molecular weight excluding hydrogens is 362 g/mol. The minimum Gasteiger partial charge on any atom is -0.465 e. The number of rotatable bonds is 5. The molecule has 0 aliphatic carbocycles. The van der Waals surface area contributed by atoms with Gasteiger partial charge in [-0.25, -0.2) is 4.98 Å². The molecule has 0 amide bonds. The van der Waals surface area contributed by atoms with Crippen molar-refractivity contribution in [2.45, 2.75) is 13.3 Å². The van der Waals surface area contributed by atoms with Crippen LogP contribution in [0, 0.1) is 21.4 Å². The first-order valence-corrected chi connectivity index (χ1v) is 9.14. The summed E-state index contributed by atoms with van der Waals surface area (Å²) in [5, 5.41) is 21.0. The SMILES string of the molecule is CCOC(=O)CN1CCCN(c2cc(C#N)c3cc([N+](=O)[O-])ccc3n2)CC1. The molecule has 2 aromatic rings. The van der Waals surface area contributed by atoms with Crippen molar-refractivity contribution >= 4 is 28.4 Å². The number of nitrogens with zero attached hydrogens (tertiary/aromatic N) is 5. The highest BCUT2D eigenvalue weighted by Gasteiger charge is 2.20. The number of nitriles is 1. The van der Waals surface area contributed by atoms with Gasteiger partial charge in [0.05, 0.1) is 35.2 Å². The molecule has 0 atom stereocenters. The van der Waals surface area contributed by atoms with Crippen LogP contribution in [-0.2, 0) is 9.53 Å². The van der Waals surface area contributed by atoms with Gasteiger partial charge in [-0.2, -0.15) is 5.26 Å². The summed E-state index contributed by atoms with van der Waals surface area (Å²) in [5.41, 5.74) is 0.839. The zero-order chi connectivity index (χ0) is 20.1. The van der Waals surface area contributed by atoms with Crippen LogP contribution < -0.4 is 4.90 Å². The molecule has 1 aliphatic rings. The number of aromatic nitrogens is 1. The van der Waals surface area contributed by atoms with Crippen LogP contribution in [-0.4, -0.2) is 60.1 Å². The summed E-state index contributed by atoms with van der Waals surface area (Å²) in [6.07, 6.45) is 0.848. The van der Waals surface area contributed by atoms with Crippen LogP contribution in [0.5, 0.6) is 0 Å². The first-order valence-electron chi connectivity index (χ1n) is 9.14. The zero-order valence-corrected chi connectivity index (χ0v) is 15.6. The van der Waals surface area contributed by atoms with Gasteiger partial charge >= 0.3 is 5.97 Å². The topological polar surface area (TPSA) is 113 Å². The first kappa shape index (κ1) is 19.5. The lowest BCUT2D eigenvalue weighted by Crippen LogP contribution is -2.35. The number of fused-ring (bicyclic) bond motifs is 1. The summed E-state index contributed by atoms with van der Waals surface area (Å²) >= 11 is 0. The number of hydrogen-bond donors (Lipinski definition) is 0. The highest BCUT2D eigenvalue weighted by molar-refractivity contribution is 5.88. The molecule has 0 spiro atoms. The van der Waals surface area contributed by atoms with Crippen LogP contribution in [0.3, 0.4) is 0 Å². The Bertz CT molecular complexity index is 940. The largest absolute Gasteiger partial charge is 0.465 e. The molecule has 146 valence electrons. The number of benzene rings is 1. The van der Waals surface area contributed by atoms with E-state index in [9.17, 15) is 20.2 Å². The molecule has 1 fully saturated rings. The first-order chi connectivity index (χ1) is 13.5. The van der Waals surface area contributed by atoms with Gasteiger partial charge in [0.25, 0.3) is 5.69 Å². The number of esters is 1. The Hall–Kier alpha value is -3.25. The van der Waals surface area contributed by atoms with E-state index in [1.54, 1.807) is 19.1 Å². The second-order valence-electron chi connectivity index (χ2n) is 6.52. The fourth-order valence-corrected chi connectivity index (χ4v) is 3.32. The number of nitro groups is 1. The van der Waals surface area contributed by atoms with Crippen LogP contribution in [0.25, 0.3) is 10.9 Å². The minimum absolute atomic E-state index is 0.0667. The number of non-ortho nitro benzene ring substituents is 1. The maximum atomic E-state index is 11.7. The molecule has 0 N–H and O–H groups in total. The molecule has 0 unspecified atom stereocenters. The standard InChI is InChI=1S/C19H21N5O4/c1-2-28-19(25)13-22-6-3-7-23(9-8-22)18-10-14(12-20)16-11-15(24(26)27)4-5-17(16)21-18/h4-5,10-11H,2-3,6-9,13H2,1H3. The van der Waals surface area contributed by atoms with Crippen molar-refractivity contribution in [3.05, 3.63) is 39.9 Å². The van der Waals surface area contributed by atoms with Gasteiger partial charge in [0.2, 0.25) is 0 Å². The van der Waals surface area contributed by atoms with Crippen LogP contribution in [0.15, 0.2) is 24.3 Å². The van der Waals surface area contributed by atoms with Crippen molar-refractivity contribution in [3.8, 4) is 6.07 Å². The second-order valence-corrected chi connectivity index (χ2v) is 6.52. The Morgan fingerprint density at radius 1 is 1.32 bits per heavy atom. The highest BCUT2D eigenvalue weighted by Crippen LogP contribution is 2.26. The third kappa shape index (κ3) is 4.35. The molecule has 9 heteroatoms. The van der Waals surface area contributed by atoms with Gasteiger partial charge in [0, 0.05) is 43.7 Å². The molecule has 0 bridgehead atoms. The predicted molar refractivity (Wildman–Crippen MR) is 103 cm³/mol. The van der Waals surface area contributed by atoms with Crippen LogP contribution in [0.4, 0.5) is 11.5 Å². The molecule has 1 aromatic heterocycles. The number of carbonyl (C=O) groups excluding carboxylic acids is 1. The number of anilines is 1. The van der Waals surface area contributed by atoms with Gasteiger partial charge in [-0.3, -0.25) is 19.8 Å². The monoisotopic (exact) mass is 383 g/mol. The lowest BCUT2D eigenvalue weighted by molar-refractivity contribution is -0.384. The van der Waals surface area contributed by atoms with E-state index in [-0.39, 0.29) is 18.2 Å². The Morgan fingerprint density at radius 2 is 2.14 bits per heavy atom. The van der Waals surface area contributed by atoms with Crippen molar-refractivity contribution in [2.24, 2.45) is 0 Å². The fraction of sp³-hybridized carbons (Fsp3) is 0.421. The third-order valence-electron chi connectivity index (χ3n) is 4.68. The molecule has 9 nitrogen and oxygen atoms in total. The molecule has 0 saturated carbocycles. The molecule has 2 heterocycles. The van der Waals surface area contributed by atoms with Crippen molar-refractivity contribution in [2.75, 3.05) is 44.2 Å². The molecule has 3 rings (SSSR count). The Morgan fingerprint density at radius 3 is 2.86 bits per heavy atom. The van der Waals surface area contributed by atoms with Crippen molar-refractivity contribution in [1.82, 2.24) is 9.88 Å².